The molecule has 0 aromatic heterocycles. The molecular weight excluding hydrogens is 435 g/mol. The summed E-state index contributed by atoms with van der Waals surface area (Å²) in [4.78, 5) is 24.9. The Morgan fingerprint density at radius 1 is 0.969 bits per heavy atom. The monoisotopic (exact) mass is 462 g/mol. The molecule has 0 bridgehead atoms. The fraction of sp³-hybridized carbons (Fsp3) is 0.364. The molecule has 172 valence electrons. The fourth-order valence-electron chi connectivity index (χ4n) is 3.84. The number of fused-ring (bicyclic) bond motifs is 1. The molecule has 0 spiro atoms. The van der Waals surface area contributed by atoms with E-state index >= 15 is 0 Å². The van der Waals surface area contributed by atoms with Gasteiger partial charge >= 0.3 is 6.03 Å². The van der Waals surface area contributed by atoms with Crippen molar-refractivity contribution in [3.05, 3.63) is 65.5 Å². The number of anilines is 1. The number of para-hydroxylation sites is 1. The lowest BCUT2D eigenvalue weighted by Crippen LogP contribution is -2.40. The van der Waals surface area contributed by atoms with Gasteiger partial charge in [0.05, 0.1) is 6.54 Å². The first kappa shape index (κ1) is 23.7. The van der Waals surface area contributed by atoms with Gasteiger partial charge in [0.25, 0.3) is 10.2 Å². The minimum absolute atomic E-state index is 0.174. The third-order valence-electron chi connectivity index (χ3n) is 5.46. The first-order valence-corrected chi connectivity index (χ1v) is 12.0. The third-order valence-corrected chi connectivity index (χ3v) is 5.94. The first-order chi connectivity index (χ1) is 15.2. The van der Waals surface area contributed by atoms with Gasteiger partial charge in [-0.3, -0.25) is 4.79 Å². The lowest BCUT2D eigenvalue weighted by Gasteiger charge is -2.19. The third kappa shape index (κ3) is 6.76. The quantitative estimate of drug-likeness (QED) is 0.648. The molecule has 4 rings (SSSR count). The molecule has 0 atom stereocenters. The minimum atomic E-state index is -3.87. The summed E-state index contributed by atoms with van der Waals surface area (Å²) in [6.45, 7) is 0.770. The number of nitrogens with one attached hydrogen (secondary N) is 2. The summed E-state index contributed by atoms with van der Waals surface area (Å²) in [5.74, 6) is -0.873. The largest absolute Gasteiger partial charge is 0.322 e. The van der Waals surface area contributed by atoms with Gasteiger partial charge in [-0.25, -0.2) is 19.0 Å². The van der Waals surface area contributed by atoms with Crippen LogP contribution in [0, 0.1) is 11.7 Å². The van der Waals surface area contributed by atoms with Crippen LogP contribution in [-0.2, 0) is 28.1 Å². The molecule has 10 heteroatoms. The normalized spacial score (nSPS) is 15.9. The number of nitrogens with zero attached hydrogens (tertiary/aromatic N) is 1. The molecule has 0 radical (unpaired) electrons. The summed E-state index contributed by atoms with van der Waals surface area (Å²) in [7, 11) is -3.87. The minimum Gasteiger partial charge on any atom is -0.316 e. The van der Waals surface area contributed by atoms with Crippen molar-refractivity contribution >= 4 is 27.8 Å². The Labute approximate surface area is 187 Å². The summed E-state index contributed by atoms with van der Waals surface area (Å²) in [6, 6.07) is 14.0. The van der Waals surface area contributed by atoms with E-state index in [1.54, 1.807) is 15.7 Å². The van der Waals surface area contributed by atoms with E-state index in [1.165, 1.54) is 6.07 Å². The van der Waals surface area contributed by atoms with Crippen LogP contribution < -0.4 is 15.2 Å². The van der Waals surface area contributed by atoms with E-state index in [9.17, 15) is 22.4 Å². The molecule has 0 saturated heterocycles. The van der Waals surface area contributed by atoms with E-state index in [0.717, 1.165) is 43.4 Å². The standard InChI is InChI=1S/C15H13FN2O.C7H14N2O3S/c16-14-8-4-5-11-9-18(10-13(11)14)15(19)17-12-6-2-1-3-7-12;8-13(11,12)9-7(10)6-4-2-1-3-5-6/h1-8H,9-10H2,(H,17,19);6H,1-5H2,(H,9,10)(H2,8,11,12). The van der Waals surface area contributed by atoms with Gasteiger partial charge in [0.1, 0.15) is 5.82 Å². The van der Waals surface area contributed by atoms with E-state index in [1.807, 2.05) is 36.4 Å². The molecule has 0 unspecified atom stereocenters. The zero-order valence-corrected chi connectivity index (χ0v) is 18.4. The van der Waals surface area contributed by atoms with Gasteiger partial charge in [-0.2, -0.15) is 8.42 Å². The molecule has 3 amide bonds. The smallest absolute Gasteiger partial charge is 0.316 e. The number of hydrogen-bond acceptors (Lipinski definition) is 4. The van der Waals surface area contributed by atoms with Crippen LogP contribution >= 0.6 is 0 Å². The Morgan fingerprint density at radius 2 is 1.66 bits per heavy atom. The zero-order chi connectivity index (χ0) is 23.1. The van der Waals surface area contributed by atoms with Crippen molar-refractivity contribution in [3.8, 4) is 0 Å². The fourth-order valence-corrected chi connectivity index (χ4v) is 4.28. The Bertz CT molecular complexity index is 1060. The van der Waals surface area contributed by atoms with Gasteiger partial charge in [0, 0.05) is 23.7 Å². The first-order valence-electron chi connectivity index (χ1n) is 10.4. The molecule has 1 saturated carbocycles. The van der Waals surface area contributed by atoms with E-state index in [0.29, 0.717) is 18.7 Å². The van der Waals surface area contributed by atoms with Crippen molar-refractivity contribution in [2.75, 3.05) is 5.32 Å². The number of halogens is 1. The van der Waals surface area contributed by atoms with Crippen LogP contribution in [-0.4, -0.2) is 25.3 Å². The van der Waals surface area contributed by atoms with Crippen molar-refractivity contribution < 1.29 is 22.4 Å². The van der Waals surface area contributed by atoms with Crippen molar-refractivity contribution in [3.63, 3.8) is 0 Å². The number of nitrogens with two attached hydrogens (primary N) is 1. The number of benzene rings is 2. The molecule has 4 N–H and O–H groups in total. The highest BCUT2D eigenvalue weighted by Gasteiger charge is 2.25. The number of amides is 3. The Hall–Kier alpha value is -2.98. The van der Waals surface area contributed by atoms with Gasteiger partial charge in [-0.15, -0.1) is 0 Å². The second kappa shape index (κ2) is 10.6. The highest BCUT2D eigenvalue weighted by atomic mass is 32.2. The lowest BCUT2D eigenvalue weighted by atomic mass is 9.89. The SMILES string of the molecule is NS(=O)(=O)NC(=O)C1CCCCC1.O=C(Nc1ccccc1)N1Cc2cccc(F)c2C1. The topological polar surface area (TPSA) is 122 Å². The molecule has 32 heavy (non-hydrogen) atoms. The number of rotatable bonds is 3. The summed E-state index contributed by atoms with van der Waals surface area (Å²) in [5.41, 5.74) is 2.23. The van der Waals surface area contributed by atoms with Crippen LogP contribution in [0.1, 0.15) is 43.2 Å². The number of urea groups is 1. The molecule has 8 nitrogen and oxygen atoms in total. The Morgan fingerprint density at radius 3 is 2.28 bits per heavy atom. The van der Waals surface area contributed by atoms with Gasteiger partial charge in [-0.1, -0.05) is 49.6 Å². The maximum Gasteiger partial charge on any atom is 0.322 e. The predicted molar refractivity (Wildman–Crippen MR) is 119 cm³/mol. The van der Waals surface area contributed by atoms with Crippen molar-refractivity contribution in [2.24, 2.45) is 11.1 Å². The van der Waals surface area contributed by atoms with Crippen molar-refractivity contribution in [1.82, 2.24) is 9.62 Å². The highest BCUT2D eigenvalue weighted by molar-refractivity contribution is 7.87. The van der Waals surface area contributed by atoms with Crippen LogP contribution in [0.3, 0.4) is 0 Å². The average molecular weight is 463 g/mol. The maximum atomic E-state index is 13.6. The van der Waals surface area contributed by atoms with Crippen molar-refractivity contribution in [1.29, 1.82) is 0 Å². The molecular formula is C22H27FN4O4S. The van der Waals surface area contributed by atoms with Crippen LogP contribution in [0.25, 0.3) is 0 Å². The number of carbonyl (C=O) groups excluding carboxylic acids is 2. The lowest BCUT2D eigenvalue weighted by molar-refractivity contribution is -0.124. The molecule has 1 fully saturated rings. The Kier molecular flexibility index (Phi) is 7.81. The molecule has 2 aromatic rings. The van der Waals surface area contributed by atoms with Crippen LogP contribution in [0.2, 0.25) is 0 Å². The molecule has 2 aromatic carbocycles. The van der Waals surface area contributed by atoms with Crippen LogP contribution in [0.15, 0.2) is 48.5 Å². The number of carbonyl (C=O) groups is 2. The summed E-state index contributed by atoms with van der Waals surface area (Å²) in [6.07, 6.45) is 4.63. The average Bonchev–Trinajstić information content (AvgIpc) is 3.20. The van der Waals surface area contributed by atoms with E-state index in [4.69, 9.17) is 0 Å². The summed E-state index contributed by atoms with van der Waals surface area (Å²) in [5, 5.41) is 7.49. The van der Waals surface area contributed by atoms with Gasteiger partial charge in [-0.05, 0) is 36.6 Å². The summed E-state index contributed by atoms with van der Waals surface area (Å²) >= 11 is 0. The van der Waals surface area contributed by atoms with E-state index in [-0.39, 0.29) is 17.8 Å². The number of hydrogen-bond donors (Lipinski definition) is 3. The molecule has 2 aliphatic rings. The maximum absolute atomic E-state index is 13.6. The molecule has 1 aliphatic heterocycles. The Balaban J connectivity index is 0.000000195. The highest BCUT2D eigenvalue weighted by Crippen LogP contribution is 2.26. The second-order valence-electron chi connectivity index (χ2n) is 7.88. The summed E-state index contributed by atoms with van der Waals surface area (Å²) < 4.78 is 36.5. The zero-order valence-electron chi connectivity index (χ0n) is 17.6. The van der Waals surface area contributed by atoms with Crippen LogP contribution in [0.5, 0.6) is 0 Å². The van der Waals surface area contributed by atoms with Gasteiger partial charge < -0.3 is 10.2 Å². The molecule has 1 heterocycles. The van der Waals surface area contributed by atoms with Gasteiger partial charge in [0.2, 0.25) is 5.91 Å². The molecule has 1 aliphatic carbocycles. The predicted octanol–water partition coefficient (Wildman–Crippen LogP) is 3.26. The van der Waals surface area contributed by atoms with Gasteiger partial charge in [0.15, 0.2) is 0 Å². The second-order valence-corrected chi connectivity index (χ2v) is 9.17. The van der Waals surface area contributed by atoms with E-state index in [2.05, 4.69) is 10.5 Å². The van der Waals surface area contributed by atoms with E-state index < -0.39 is 16.1 Å². The van der Waals surface area contributed by atoms with Crippen LogP contribution in [0.4, 0.5) is 14.9 Å². The van der Waals surface area contributed by atoms with Crippen molar-refractivity contribution in [2.45, 2.75) is 45.2 Å².